The van der Waals surface area contributed by atoms with Gasteiger partial charge in [-0.05, 0) is 30.0 Å². The van der Waals surface area contributed by atoms with E-state index >= 15 is 0 Å². The molecular weight excluding hydrogens is 244 g/mol. The Labute approximate surface area is 103 Å². The van der Waals surface area contributed by atoms with Crippen LogP contribution in [0.5, 0.6) is 0 Å². The van der Waals surface area contributed by atoms with Crippen LogP contribution in [0.3, 0.4) is 0 Å². The molecule has 0 N–H and O–H groups in total. The molecule has 1 aromatic rings. The molecular formula is C12H17ClO2S. The largest absolute Gasteiger partial charge is 0.224 e. The average Bonchev–Trinajstić information content (AvgIpc) is 2.20. The molecule has 0 unspecified atom stereocenters. The van der Waals surface area contributed by atoms with Crippen molar-refractivity contribution in [2.75, 3.05) is 5.75 Å². The third-order valence-electron chi connectivity index (χ3n) is 2.39. The van der Waals surface area contributed by atoms with E-state index in [2.05, 4.69) is 13.8 Å². The molecule has 0 amide bonds. The van der Waals surface area contributed by atoms with Crippen molar-refractivity contribution in [1.29, 1.82) is 0 Å². The van der Waals surface area contributed by atoms with E-state index in [0.29, 0.717) is 15.8 Å². The van der Waals surface area contributed by atoms with E-state index < -0.39 is 9.84 Å². The monoisotopic (exact) mass is 260 g/mol. The molecule has 0 atom stereocenters. The maximum Gasteiger partial charge on any atom is 0.178 e. The predicted octanol–water partition coefficient (Wildman–Crippen LogP) is 3.33. The number of halogens is 1. The molecule has 0 aliphatic rings. The van der Waals surface area contributed by atoms with Gasteiger partial charge in [-0.2, -0.15) is 0 Å². The average molecular weight is 261 g/mol. The van der Waals surface area contributed by atoms with Gasteiger partial charge in [0.25, 0.3) is 0 Å². The summed E-state index contributed by atoms with van der Waals surface area (Å²) in [5, 5.41) is 0.545. The van der Waals surface area contributed by atoms with Gasteiger partial charge in [0, 0.05) is 5.02 Å². The predicted molar refractivity (Wildman–Crippen MR) is 67.7 cm³/mol. The zero-order chi connectivity index (χ0) is 12.3. The fourth-order valence-corrected chi connectivity index (χ4v) is 2.72. The van der Waals surface area contributed by atoms with Gasteiger partial charge >= 0.3 is 0 Å². The number of rotatable bonds is 4. The van der Waals surface area contributed by atoms with Crippen LogP contribution in [0.1, 0.15) is 26.3 Å². The first-order valence-electron chi connectivity index (χ1n) is 5.38. The van der Waals surface area contributed by atoms with Crippen molar-refractivity contribution >= 4 is 21.4 Å². The molecule has 4 heteroatoms. The van der Waals surface area contributed by atoms with E-state index in [9.17, 15) is 8.42 Å². The normalized spacial score (nSPS) is 12.1. The van der Waals surface area contributed by atoms with Gasteiger partial charge in [0.2, 0.25) is 0 Å². The Hall–Kier alpha value is -0.540. The maximum absolute atomic E-state index is 11.6. The maximum atomic E-state index is 11.6. The van der Waals surface area contributed by atoms with Crippen LogP contribution in [0.2, 0.25) is 5.02 Å². The van der Waals surface area contributed by atoms with E-state index in [1.54, 1.807) is 19.1 Å². The lowest BCUT2D eigenvalue weighted by atomic mass is 10.0. The highest BCUT2D eigenvalue weighted by Gasteiger charge is 2.13. The fourth-order valence-electron chi connectivity index (χ4n) is 1.49. The Morgan fingerprint density at radius 3 is 2.38 bits per heavy atom. The van der Waals surface area contributed by atoms with Crippen molar-refractivity contribution in [2.24, 2.45) is 5.92 Å². The highest BCUT2D eigenvalue weighted by molar-refractivity contribution is 7.91. The molecule has 0 aromatic heterocycles. The summed E-state index contributed by atoms with van der Waals surface area (Å²) >= 11 is 6.07. The van der Waals surface area contributed by atoms with Gasteiger partial charge in [-0.15, -0.1) is 0 Å². The summed E-state index contributed by atoms with van der Waals surface area (Å²) in [4.78, 5) is 0.313. The van der Waals surface area contributed by atoms with Gasteiger partial charge in [0.15, 0.2) is 9.84 Å². The zero-order valence-electron chi connectivity index (χ0n) is 9.83. The molecule has 0 fully saturated rings. The van der Waals surface area contributed by atoms with Crippen molar-refractivity contribution in [3.63, 3.8) is 0 Å². The van der Waals surface area contributed by atoms with Crippen LogP contribution in [0, 0.1) is 5.92 Å². The minimum atomic E-state index is -3.15. The van der Waals surface area contributed by atoms with E-state index in [1.165, 1.54) is 0 Å². The topological polar surface area (TPSA) is 34.1 Å². The Bertz CT molecular complexity index is 464. The molecule has 0 radical (unpaired) electrons. The minimum Gasteiger partial charge on any atom is -0.224 e. The van der Waals surface area contributed by atoms with Crippen LogP contribution in [-0.2, 0) is 16.3 Å². The Balaban J connectivity index is 3.09. The standard InChI is InChI=1S/C12H17ClO2S/c1-4-16(14,15)11-6-5-10(7-9(2)3)12(13)8-11/h5-6,8-9H,4,7H2,1-3H3. The lowest BCUT2D eigenvalue weighted by molar-refractivity contribution is 0.597. The SMILES string of the molecule is CCS(=O)(=O)c1ccc(CC(C)C)c(Cl)c1. The van der Waals surface area contributed by atoms with Gasteiger partial charge < -0.3 is 0 Å². The summed E-state index contributed by atoms with van der Waals surface area (Å²) in [6.45, 7) is 5.84. The summed E-state index contributed by atoms with van der Waals surface area (Å²) in [5.41, 5.74) is 1.01. The molecule has 0 bridgehead atoms. The van der Waals surface area contributed by atoms with Gasteiger partial charge in [-0.3, -0.25) is 0 Å². The van der Waals surface area contributed by atoms with E-state index in [0.717, 1.165) is 12.0 Å². The van der Waals surface area contributed by atoms with Crippen LogP contribution in [-0.4, -0.2) is 14.2 Å². The van der Waals surface area contributed by atoms with Gasteiger partial charge in [0.1, 0.15) is 0 Å². The number of benzene rings is 1. The lowest BCUT2D eigenvalue weighted by Gasteiger charge is -2.09. The fraction of sp³-hybridized carbons (Fsp3) is 0.500. The van der Waals surface area contributed by atoms with Crippen LogP contribution in [0.4, 0.5) is 0 Å². The molecule has 2 nitrogen and oxygen atoms in total. The van der Waals surface area contributed by atoms with Crippen molar-refractivity contribution in [1.82, 2.24) is 0 Å². The summed E-state index contributed by atoms with van der Waals surface area (Å²) < 4.78 is 23.3. The Kier molecular flexibility index (Phi) is 4.39. The molecule has 0 aliphatic heterocycles. The molecule has 1 rings (SSSR count). The second kappa shape index (κ2) is 5.19. The van der Waals surface area contributed by atoms with E-state index in [1.807, 2.05) is 6.07 Å². The highest BCUT2D eigenvalue weighted by Crippen LogP contribution is 2.23. The molecule has 0 spiro atoms. The molecule has 0 saturated carbocycles. The third kappa shape index (κ3) is 3.22. The molecule has 0 heterocycles. The molecule has 0 saturated heterocycles. The van der Waals surface area contributed by atoms with E-state index in [-0.39, 0.29) is 5.75 Å². The molecule has 0 aliphatic carbocycles. The van der Waals surface area contributed by atoms with Crippen molar-refractivity contribution in [3.8, 4) is 0 Å². The summed E-state index contributed by atoms with van der Waals surface area (Å²) in [5.74, 6) is 0.610. The first kappa shape index (κ1) is 13.5. The van der Waals surface area contributed by atoms with Gasteiger partial charge in [0.05, 0.1) is 10.6 Å². The van der Waals surface area contributed by atoms with Crippen molar-refractivity contribution in [2.45, 2.75) is 32.1 Å². The van der Waals surface area contributed by atoms with Gasteiger partial charge in [-0.25, -0.2) is 8.42 Å². The van der Waals surface area contributed by atoms with Crippen LogP contribution in [0.25, 0.3) is 0 Å². The second-order valence-corrected chi connectivity index (χ2v) is 6.94. The molecule has 90 valence electrons. The van der Waals surface area contributed by atoms with Crippen molar-refractivity contribution < 1.29 is 8.42 Å². The Morgan fingerprint density at radius 2 is 1.94 bits per heavy atom. The molecule has 1 aromatic carbocycles. The smallest absolute Gasteiger partial charge is 0.178 e. The van der Waals surface area contributed by atoms with Crippen LogP contribution in [0.15, 0.2) is 23.1 Å². The quantitative estimate of drug-likeness (QED) is 0.832. The second-order valence-electron chi connectivity index (χ2n) is 4.25. The van der Waals surface area contributed by atoms with E-state index in [4.69, 9.17) is 11.6 Å². The number of sulfone groups is 1. The van der Waals surface area contributed by atoms with Crippen LogP contribution >= 0.6 is 11.6 Å². The lowest BCUT2D eigenvalue weighted by Crippen LogP contribution is -2.04. The highest BCUT2D eigenvalue weighted by atomic mass is 35.5. The molecule has 16 heavy (non-hydrogen) atoms. The zero-order valence-corrected chi connectivity index (χ0v) is 11.4. The summed E-state index contributed by atoms with van der Waals surface area (Å²) in [7, 11) is -3.15. The summed E-state index contributed by atoms with van der Waals surface area (Å²) in [6, 6.07) is 5.01. The Morgan fingerprint density at radius 1 is 1.31 bits per heavy atom. The summed E-state index contributed by atoms with van der Waals surface area (Å²) in [6.07, 6.45) is 0.866. The third-order valence-corrected chi connectivity index (χ3v) is 4.48. The first-order chi connectivity index (χ1) is 7.36. The van der Waals surface area contributed by atoms with Crippen molar-refractivity contribution in [3.05, 3.63) is 28.8 Å². The van der Waals surface area contributed by atoms with Crippen LogP contribution < -0.4 is 0 Å². The first-order valence-corrected chi connectivity index (χ1v) is 7.41. The van der Waals surface area contributed by atoms with Gasteiger partial charge in [-0.1, -0.05) is 38.4 Å². The minimum absolute atomic E-state index is 0.104. The number of hydrogen-bond donors (Lipinski definition) is 0. The number of hydrogen-bond acceptors (Lipinski definition) is 2.